The number of halogens is 3. The van der Waals surface area contributed by atoms with Gasteiger partial charge in [-0.2, -0.15) is 18.2 Å². The lowest BCUT2D eigenvalue weighted by molar-refractivity contribution is -0.115. The molecule has 0 atom stereocenters. The summed E-state index contributed by atoms with van der Waals surface area (Å²) in [5.41, 5.74) is 4.51. The molecule has 0 radical (unpaired) electrons. The second-order valence-electron chi connectivity index (χ2n) is 8.06. The van der Waals surface area contributed by atoms with Crippen molar-refractivity contribution < 1.29 is 18.0 Å². The third-order valence-corrected chi connectivity index (χ3v) is 5.53. The molecular weight excluding hydrogens is 459 g/mol. The second kappa shape index (κ2) is 8.75. The third-order valence-electron chi connectivity index (χ3n) is 5.53. The third kappa shape index (κ3) is 4.65. The summed E-state index contributed by atoms with van der Waals surface area (Å²) in [5, 5.41) is 2.19. The lowest BCUT2D eigenvalue weighted by atomic mass is 10.1. The molecular formula is C24H20F3N7O. The van der Waals surface area contributed by atoms with Gasteiger partial charge >= 0.3 is 12.2 Å². The predicted octanol–water partition coefficient (Wildman–Crippen LogP) is 5.43. The van der Waals surface area contributed by atoms with Crippen LogP contribution in [0, 0.1) is 6.92 Å². The van der Waals surface area contributed by atoms with Crippen molar-refractivity contribution in [1.29, 1.82) is 0 Å². The van der Waals surface area contributed by atoms with Crippen molar-refractivity contribution in [3.05, 3.63) is 78.4 Å². The van der Waals surface area contributed by atoms with Gasteiger partial charge in [0.25, 0.3) is 0 Å². The smallest absolute Gasteiger partial charge is 0.345 e. The first-order chi connectivity index (χ1) is 16.8. The van der Waals surface area contributed by atoms with Crippen LogP contribution in [0.2, 0.25) is 0 Å². The van der Waals surface area contributed by atoms with Crippen LogP contribution in [0.25, 0.3) is 11.3 Å². The molecule has 5 rings (SSSR count). The fourth-order valence-electron chi connectivity index (χ4n) is 3.78. The van der Waals surface area contributed by atoms with Crippen molar-refractivity contribution in [2.45, 2.75) is 19.6 Å². The molecule has 0 fully saturated rings. The Balaban J connectivity index is 1.55. The van der Waals surface area contributed by atoms with Gasteiger partial charge in [0.15, 0.2) is 5.82 Å². The Morgan fingerprint density at radius 3 is 2.40 bits per heavy atom. The first-order valence-electron chi connectivity index (χ1n) is 10.7. The molecule has 2 aromatic heterocycles. The summed E-state index contributed by atoms with van der Waals surface area (Å²) in [6.45, 7) is 0.849. The number of carbonyl (C=O) groups excluding carboxylic acids is 1. The van der Waals surface area contributed by atoms with E-state index in [1.165, 1.54) is 11.1 Å². The number of alkyl halides is 3. The number of rotatable bonds is 5. The zero-order valence-electron chi connectivity index (χ0n) is 18.5. The first kappa shape index (κ1) is 22.4. The molecule has 1 aliphatic heterocycles. The molecule has 0 saturated heterocycles. The molecule has 0 bridgehead atoms. The van der Waals surface area contributed by atoms with Gasteiger partial charge in [-0.05, 0) is 36.8 Å². The van der Waals surface area contributed by atoms with E-state index in [9.17, 15) is 18.0 Å². The van der Waals surface area contributed by atoms with Crippen LogP contribution in [0.4, 0.5) is 41.1 Å². The van der Waals surface area contributed by atoms with Gasteiger partial charge in [-0.3, -0.25) is 4.90 Å². The van der Waals surface area contributed by atoms with Crippen LogP contribution >= 0.6 is 0 Å². The lowest BCUT2D eigenvalue weighted by Gasteiger charge is -2.36. The average Bonchev–Trinajstić information content (AvgIpc) is 3.38. The molecule has 11 heteroatoms. The van der Waals surface area contributed by atoms with Gasteiger partial charge in [-0.15, -0.1) is 0 Å². The fourth-order valence-corrected chi connectivity index (χ4v) is 3.78. The van der Waals surface area contributed by atoms with Crippen LogP contribution in [0.1, 0.15) is 11.1 Å². The highest BCUT2D eigenvalue weighted by molar-refractivity contribution is 6.10. The first-order valence-corrected chi connectivity index (χ1v) is 10.7. The number of aryl methyl sites for hydroxylation is 1. The summed E-state index contributed by atoms with van der Waals surface area (Å²) in [7, 11) is 0. The van der Waals surface area contributed by atoms with Gasteiger partial charge in [0.1, 0.15) is 6.54 Å². The van der Waals surface area contributed by atoms with Gasteiger partial charge in [-0.25, -0.2) is 19.7 Å². The highest BCUT2D eigenvalue weighted by Gasteiger charge is 2.35. The lowest BCUT2D eigenvalue weighted by Crippen LogP contribution is -2.45. The maximum atomic E-state index is 13.7. The normalized spacial score (nSPS) is 13.7. The van der Waals surface area contributed by atoms with Gasteiger partial charge in [0, 0.05) is 17.4 Å². The Labute approximate surface area is 198 Å². The van der Waals surface area contributed by atoms with Crippen LogP contribution in [0.15, 0.2) is 67.3 Å². The van der Waals surface area contributed by atoms with Crippen molar-refractivity contribution in [3.8, 4) is 11.3 Å². The summed E-state index contributed by atoms with van der Waals surface area (Å²) in [5.74, 6) is 0.0177. The minimum atomic E-state index is -4.43. The molecule has 1 aliphatic rings. The number of hydrogen-bond donors (Lipinski definition) is 2. The van der Waals surface area contributed by atoms with Crippen molar-refractivity contribution in [2.24, 2.45) is 0 Å². The number of aromatic nitrogens is 4. The van der Waals surface area contributed by atoms with Crippen molar-refractivity contribution in [3.63, 3.8) is 0 Å². The number of aromatic amines is 1. The van der Waals surface area contributed by atoms with Gasteiger partial charge < -0.3 is 10.3 Å². The number of urea groups is 1. The Morgan fingerprint density at radius 1 is 1.03 bits per heavy atom. The standard InChI is InChI=1S/C24H20F3N7O/c1-15-2-6-18(7-3-15)33-12-17-10-29-22(30-13-24(25,26)27)32-21(17)34(23(33)35)19-8-4-16(5-9-19)20-11-28-14-31-20/h2-11,14H,12-13H2,1H3,(H,28,31)(H,29,30,32). The van der Waals surface area contributed by atoms with E-state index in [0.717, 1.165) is 16.8 Å². The minimum absolute atomic E-state index is 0.180. The number of amides is 2. The van der Waals surface area contributed by atoms with Gasteiger partial charge in [-0.1, -0.05) is 29.8 Å². The quantitative estimate of drug-likeness (QED) is 0.399. The molecule has 0 spiro atoms. The number of carbonyl (C=O) groups is 1. The summed E-state index contributed by atoms with van der Waals surface area (Å²) in [6, 6.07) is 14.3. The van der Waals surface area contributed by atoms with Crippen molar-refractivity contribution in [2.75, 3.05) is 21.7 Å². The van der Waals surface area contributed by atoms with Crippen molar-refractivity contribution in [1.82, 2.24) is 19.9 Å². The van der Waals surface area contributed by atoms with E-state index in [1.54, 1.807) is 29.6 Å². The molecule has 0 aliphatic carbocycles. The van der Waals surface area contributed by atoms with Crippen LogP contribution in [0.3, 0.4) is 0 Å². The maximum Gasteiger partial charge on any atom is 0.405 e. The van der Waals surface area contributed by atoms with E-state index < -0.39 is 12.7 Å². The van der Waals surface area contributed by atoms with E-state index in [4.69, 9.17) is 0 Å². The van der Waals surface area contributed by atoms with E-state index in [-0.39, 0.29) is 24.3 Å². The Kier molecular flexibility index (Phi) is 5.59. The number of H-pyrrole nitrogens is 1. The summed E-state index contributed by atoms with van der Waals surface area (Å²) in [4.78, 5) is 32.0. The summed E-state index contributed by atoms with van der Waals surface area (Å²) in [6.07, 6.45) is 0.265. The SMILES string of the molecule is Cc1ccc(N2Cc3cnc(NCC(F)(F)F)nc3N(c3ccc(-c4cnc[nH]4)cc3)C2=O)cc1. The number of benzene rings is 2. The highest BCUT2D eigenvalue weighted by Crippen LogP contribution is 2.36. The number of imidazole rings is 1. The molecule has 0 unspecified atom stereocenters. The molecule has 8 nitrogen and oxygen atoms in total. The number of nitrogens with zero attached hydrogens (tertiary/aromatic N) is 5. The molecule has 35 heavy (non-hydrogen) atoms. The largest absolute Gasteiger partial charge is 0.405 e. The molecule has 2 N–H and O–H groups in total. The number of anilines is 4. The highest BCUT2D eigenvalue weighted by atomic mass is 19.4. The summed E-state index contributed by atoms with van der Waals surface area (Å²) < 4.78 is 38.1. The number of hydrogen-bond acceptors (Lipinski definition) is 5. The molecule has 2 aromatic carbocycles. The van der Waals surface area contributed by atoms with E-state index in [1.807, 2.05) is 43.3 Å². The van der Waals surface area contributed by atoms with Crippen LogP contribution in [-0.2, 0) is 6.54 Å². The zero-order valence-corrected chi connectivity index (χ0v) is 18.5. The minimum Gasteiger partial charge on any atom is -0.345 e. The monoisotopic (exact) mass is 479 g/mol. The fraction of sp³-hybridized carbons (Fsp3) is 0.167. The van der Waals surface area contributed by atoms with Gasteiger partial charge in [0.05, 0.1) is 30.5 Å². The summed E-state index contributed by atoms with van der Waals surface area (Å²) >= 11 is 0. The molecule has 4 aromatic rings. The van der Waals surface area contributed by atoms with E-state index in [2.05, 4.69) is 25.3 Å². The number of fused-ring (bicyclic) bond motifs is 1. The van der Waals surface area contributed by atoms with Crippen LogP contribution < -0.4 is 15.1 Å². The van der Waals surface area contributed by atoms with Gasteiger partial charge in [0.2, 0.25) is 5.95 Å². The molecule has 0 saturated carbocycles. The van der Waals surface area contributed by atoms with Crippen LogP contribution in [-0.4, -0.2) is 38.7 Å². The maximum absolute atomic E-state index is 13.7. The second-order valence-corrected chi connectivity index (χ2v) is 8.06. The molecule has 178 valence electrons. The molecule has 2 amide bonds. The van der Waals surface area contributed by atoms with E-state index >= 15 is 0 Å². The predicted molar refractivity (Wildman–Crippen MR) is 125 cm³/mol. The Morgan fingerprint density at radius 2 is 1.74 bits per heavy atom. The topological polar surface area (TPSA) is 90.0 Å². The Bertz CT molecular complexity index is 1340. The Hall–Kier alpha value is -4.41. The average molecular weight is 479 g/mol. The number of nitrogens with one attached hydrogen (secondary N) is 2. The molecule has 3 heterocycles. The van der Waals surface area contributed by atoms with Crippen LogP contribution in [0.5, 0.6) is 0 Å². The van der Waals surface area contributed by atoms with E-state index in [0.29, 0.717) is 16.9 Å². The van der Waals surface area contributed by atoms with Crippen molar-refractivity contribution >= 4 is 29.2 Å². The zero-order chi connectivity index (χ0) is 24.6.